The van der Waals surface area contributed by atoms with Gasteiger partial charge >= 0.3 is 5.97 Å². The van der Waals surface area contributed by atoms with Gasteiger partial charge in [0.05, 0.1) is 27.4 Å². The predicted molar refractivity (Wildman–Crippen MR) is 93.9 cm³/mol. The minimum atomic E-state index is -0.554. The van der Waals surface area contributed by atoms with Gasteiger partial charge in [0.2, 0.25) is 0 Å². The zero-order valence-corrected chi connectivity index (χ0v) is 15.1. The van der Waals surface area contributed by atoms with Crippen molar-refractivity contribution in [2.45, 2.75) is 31.7 Å². The van der Waals surface area contributed by atoms with E-state index in [4.69, 9.17) is 14.2 Å². The molecule has 3 aliphatic rings. The molecule has 0 bridgehead atoms. The molecule has 1 aliphatic carbocycles. The van der Waals surface area contributed by atoms with Crippen molar-refractivity contribution in [1.29, 1.82) is 0 Å². The number of hydrogen-bond acceptors (Lipinski definition) is 5. The van der Waals surface area contributed by atoms with Crippen LogP contribution in [0.5, 0.6) is 11.5 Å². The SMILES string of the molecule is COC(=O)[C@]12CCCC=C1CN1CCc3cc(OC)c(OC)cc3[C@@H]12. The van der Waals surface area contributed by atoms with Crippen LogP contribution in [0, 0.1) is 5.41 Å². The molecule has 1 aromatic carbocycles. The molecule has 2 atom stereocenters. The Morgan fingerprint density at radius 1 is 1.20 bits per heavy atom. The van der Waals surface area contributed by atoms with E-state index in [1.165, 1.54) is 23.8 Å². The molecule has 0 N–H and O–H groups in total. The van der Waals surface area contributed by atoms with E-state index >= 15 is 0 Å². The van der Waals surface area contributed by atoms with E-state index in [2.05, 4.69) is 23.1 Å². The van der Waals surface area contributed by atoms with E-state index in [1.54, 1.807) is 14.2 Å². The quantitative estimate of drug-likeness (QED) is 0.624. The molecule has 0 unspecified atom stereocenters. The van der Waals surface area contributed by atoms with Crippen molar-refractivity contribution in [2.75, 3.05) is 34.4 Å². The van der Waals surface area contributed by atoms with Crippen LogP contribution in [0.2, 0.25) is 0 Å². The summed E-state index contributed by atoms with van der Waals surface area (Å²) in [6.45, 7) is 1.80. The molecule has 0 saturated carbocycles. The summed E-state index contributed by atoms with van der Waals surface area (Å²) >= 11 is 0. The van der Waals surface area contributed by atoms with E-state index in [-0.39, 0.29) is 12.0 Å². The first kappa shape index (κ1) is 16.5. The molecule has 25 heavy (non-hydrogen) atoms. The highest BCUT2D eigenvalue weighted by atomic mass is 16.5. The van der Waals surface area contributed by atoms with E-state index in [0.29, 0.717) is 0 Å². The molecular weight excluding hydrogens is 318 g/mol. The maximum atomic E-state index is 13.0. The second-order valence-electron chi connectivity index (χ2n) is 7.11. The zero-order valence-electron chi connectivity index (χ0n) is 15.1. The topological polar surface area (TPSA) is 48.0 Å². The van der Waals surface area contributed by atoms with Crippen molar-refractivity contribution >= 4 is 5.97 Å². The molecule has 0 amide bonds. The van der Waals surface area contributed by atoms with Crippen LogP contribution in [0.1, 0.15) is 36.4 Å². The van der Waals surface area contributed by atoms with Crippen molar-refractivity contribution in [3.63, 3.8) is 0 Å². The highest BCUT2D eigenvalue weighted by molar-refractivity contribution is 5.83. The molecule has 0 radical (unpaired) electrons. The van der Waals surface area contributed by atoms with Crippen LogP contribution >= 0.6 is 0 Å². The van der Waals surface area contributed by atoms with Gasteiger partial charge in [0.15, 0.2) is 11.5 Å². The lowest BCUT2D eigenvalue weighted by atomic mass is 9.67. The summed E-state index contributed by atoms with van der Waals surface area (Å²) in [7, 11) is 4.82. The van der Waals surface area contributed by atoms with Crippen molar-refractivity contribution in [3.8, 4) is 11.5 Å². The summed E-state index contributed by atoms with van der Waals surface area (Å²) in [5.41, 5.74) is 3.11. The first-order valence-electron chi connectivity index (χ1n) is 8.92. The Hall–Kier alpha value is -2.01. The third-order valence-electron chi connectivity index (χ3n) is 6.10. The Morgan fingerprint density at radius 2 is 1.96 bits per heavy atom. The molecule has 2 aliphatic heterocycles. The second-order valence-corrected chi connectivity index (χ2v) is 7.11. The average molecular weight is 343 g/mol. The minimum Gasteiger partial charge on any atom is -0.493 e. The highest BCUT2D eigenvalue weighted by Crippen LogP contribution is 2.58. The van der Waals surface area contributed by atoms with E-state index in [9.17, 15) is 4.79 Å². The van der Waals surface area contributed by atoms with Crippen molar-refractivity contribution in [2.24, 2.45) is 5.41 Å². The Morgan fingerprint density at radius 3 is 2.68 bits per heavy atom. The van der Waals surface area contributed by atoms with Gasteiger partial charge in [0.25, 0.3) is 0 Å². The van der Waals surface area contributed by atoms with Gasteiger partial charge in [-0.3, -0.25) is 9.69 Å². The summed E-state index contributed by atoms with van der Waals surface area (Å²) in [5, 5.41) is 0. The van der Waals surface area contributed by atoms with Gasteiger partial charge in [0.1, 0.15) is 5.41 Å². The van der Waals surface area contributed by atoms with Gasteiger partial charge in [-0.1, -0.05) is 6.08 Å². The fourth-order valence-corrected chi connectivity index (χ4v) is 5.01. The number of hydrogen-bond donors (Lipinski definition) is 0. The van der Waals surface area contributed by atoms with E-state index in [1.807, 2.05) is 0 Å². The third kappa shape index (κ3) is 2.21. The fraction of sp³-hybridized carbons (Fsp3) is 0.550. The molecule has 134 valence electrons. The molecule has 5 heteroatoms. The maximum Gasteiger partial charge on any atom is 0.317 e. The molecule has 4 rings (SSSR count). The van der Waals surface area contributed by atoms with Gasteiger partial charge in [-0.2, -0.15) is 0 Å². The minimum absolute atomic E-state index is 0.0232. The smallest absolute Gasteiger partial charge is 0.317 e. The van der Waals surface area contributed by atoms with Crippen LogP contribution in [0.15, 0.2) is 23.8 Å². The van der Waals surface area contributed by atoms with Crippen molar-refractivity contribution < 1.29 is 19.0 Å². The molecule has 2 heterocycles. The number of esters is 1. The Balaban J connectivity index is 1.90. The zero-order chi connectivity index (χ0) is 17.6. The molecule has 1 saturated heterocycles. The van der Waals surface area contributed by atoms with Crippen LogP contribution in [-0.4, -0.2) is 45.3 Å². The monoisotopic (exact) mass is 343 g/mol. The number of carbonyl (C=O) groups excluding carboxylic acids is 1. The number of ether oxygens (including phenoxy) is 3. The first-order chi connectivity index (χ1) is 12.2. The van der Waals surface area contributed by atoms with Gasteiger partial charge in [-0.25, -0.2) is 0 Å². The number of fused-ring (bicyclic) bond motifs is 5. The van der Waals surface area contributed by atoms with Crippen LogP contribution < -0.4 is 9.47 Å². The van der Waals surface area contributed by atoms with Crippen LogP contribution in [0.4, 0.5) is 0 Å². The Kier molecular flexibility index (Phi) is 3.99. The summed E-state index contributed by atoms with van der Waals surface area (Å²) in [6, 6.07) is 4.16. The summed E-state index contributed by atoms with van der Waals surface area (Å²) in [4.78, 5) is 15.4. The van der Waals surface area contributed by atoms with Crippen molar-refractivity contribution in [3.05, 3.63) is 34.9 Å². The number of carbonyl (C=O) groups is 1. The normalized spacial score (nSPS) is 27.6. The third-order valence-corrected chi connectivity index (χ3v) is 6.10. The van der Waals surface area contributed by atoms with Gasteiger partial charge in [0, 0.05) is 13.1 Å². The largest absolute Gasteiger partial charge is 0.493 e. The molecule has 5 nitrogen and oxygen atoms in total. The number of nitrogens with zero attached hydrogens (tertiary/aromatic N) is 1. The van der Waals surface area contributed by atoms with E-state index in [0.717, 1.165) is 50.3 Å². The fourth-order valence-electron chi connectivity index (χ4n) is 5.01. The van der Waals surface area contributed by atoms with Gasteiger partial charge < -0.3 is 14.2 Å². The lowest BCUT2D eigenvalue weighted by Crippen LogP contribution is -2.43. The summed E-state index contributed by atoms with van der Waals surface area (Å²) in [5.74, 6) is 1.36. The number of rotatable bonds is 3. The molecular formula is C20H25NO4. The first-order valence-corrected chi connectivity index (χ1v) is 8.92. The van der Waals surface area contributed by atoms with Crippen molar-refractivity contribution in [1.82, 2.24) is 4.90 Å². The molecule has 0 spiro atoms. The Bertz CT molecular complexity index is 741. The summed E-state index contributed by atoms with van der Waals surface area (Å²) in [6.07, 6.45) is 6.13. The molecule has 1 fully saturated rings. The lowest BCUT2D eigenvalue weighted by molar-refractivity contribution is -0.153. The number of benzene rings is 1. The Labute approximate surface area is 148 Å². The molecule has 0 aromatic heterocycles. The average Bonchev–Trinajstić information content (AvgIpc) is 3.01. The van der Waals surface area contributed by atoms with E-state index < -0.39 is 5.41 Å². The van der Waals surface area contributed by atoms with Crippen LogP contribution in [0.3, 0.4) is 0 Å². The maximum absolute atomic E-state index is 13.0. The standard InChI is InChI=1S/C20H25NO4/c1-23-16-10-13-7-9-21-12-14-6-4-5-8-20(14,19(22)25-3)18(21)15(13)11-17(16)24-2/h6,10-11,18H,4-5,7-9,12H2,1-3H3/t18-,20-/m1/s1. The van der Waals surface area contributed by atoms with Gasteiger partial charge in [-0.15, -0.1) is 0 Å². The van der Waals surface area contributed by atoms with Crippen LogP contribution in [0.25, 0.3) is 0 Å². The number of allylic oxidation sites excluding steroid dienone is 1. The predicted octanol–water partition coefficient (Wildman–Crippen LogP) is 2.89. The summed E-state index contributed by atoms with van der Waals surface area (Å²) < 4.78 is 16.3. The highest BCUT2D eigenvalue weighted by Gasteiger charge is 2.58. The number of methoxy groups -OCH3 is 3. The second kappa shape index (κ2) is 6.06. The molecule has 1 aromatic rings. The van der Waals surface area contributed by atoms with Crippen LogP contribution in [-0.2, 0) is 16.0 Å². The lowest BCUT2D eigenvalue weighted by Gasteiger charge is -2.41. The van der Waals surface area contributed by atoms with Gasteiger partial charge in [-0.05, 0) is 54.5 Å².